The third-order valence-corrected chi connectivity index (χ3v) is 5.59. The summed E-state index contributed by atoms with van der Waals surface area (Å²) in [7, 11) is 2.07. The van der Waals surface area contributed by atoms with E-state index in [1.54, 1.807) is 11.8 Å². The molecule has 2 rings (SSSR count). The van der Waals surface area contributed by atoms with Crippen LogP contribution in [-0.4, -0.2) is 36.2 Å². The zero-order valence-electron chi connectivity index (χ0n) is 14.3. The minimum Gasteiger partial charge on any atom is -0.324 e. The van der Waals surface area contributed by atoms with Crippen LogP contribution in [0, 0.1) is 5.92 Å². The van der Waals surface area contributed by atoms with E-state index in [1.807, 2.05) is 30.3 Å². The number of nitrogens with one attached hydrogen (secondary N) is 1. The second-order valence-electron chi connectivity index (χ2n) is 6.47. The predicted molar refractivity (Wildman–Crippen MR) is 100 cm³/mol. The van der Waals surface area contributed by atoms with Crippen molar-refractivity contribution in [3.63, 3.8) is 0 Å². The fraction of sp³-hybridized carbons (Fsp3) is 0.526. The molecule has 126 valence electrons. The Morgan fingerprint density at radius 1 is 1.35 bits per heavy atom. The molecule has 0 radical (unpaired) electrons. The van der Waals surface area contributed by atoms with Gasteiger partial charge in [-0.2, -0.15) is 0 Å². The zero-order valence-corrected chi connectivity index (χ0v) is 15.1. The Balaban J connectivity index is 1.88. The lowest BCUT2D eigenvalue weighted by atomic mass is 9.87. The number of thioether (sulfide) groups is 1. The van der Waals surface area contributed by atoms with Gasteiger partial charge in [-0.1, -0.05) is 25.1 Å². The number of carbonyl (C=O) groups is 1. The van der Waals surface area contributed by atoms with Gasteiger partial charge in [-0.15, -0.1) is 18.3 Å². The van der Waals surface area contributed by atoms with Crippen molar-refractivity contribution in [2.75, 3.05) is 24.7 Å². The maximum atomic E-state index is 12.4. The number of para-hydroxylation sites is 1. The van der Waals surface area contributed by atoms with Gasteiger partial charge in [-0.3, -0.25) is 9.69 Å². The molecule has 1 N–H and O–H groups in total. The van der Waals surface area contributed by atoms with E-state index in [4.69, 9.17) is 0 Å². The molecule has 1 aromatic rings. The van der Waals surface area contributed by atoms with E-state index in [0.29, 0.717) is 12.6 Å². The molecule has 0 spiro atoms. The summed E-state index contributed by atoms with van der Waals surface area (Å²) in [5, 5.41) is 3.06. The molecule has 0 atom stereocenters. The summed E-state index contributed by atoms with van der Waals surface area (Å²) in [6.45, 7) is 6.53. The fourth-order valence-corrected chi connectivity index (χ4v) is 3.82. The van der Waals surface area contributed by atoms with Crippen molar-refractivity contribution >= 4 is 23.4 Å². The second-order valence-corrected chi connectivity index (χ2v) is 7.53. The number of likely N-dealkylation sites (N-methyl/N-ethyl adjacent to an activating group) is 1. The van der Waals surface area contributed by atoms with Crippen molar-refractivity contribution in [1.82, 2.24) is 4.90 Å². The van der Waals surface area contributed by atoms with Crippen molar-refractivity contribution in [2.45, 2.75) is 43.5 Å². The first kappa shape index (κ1) is 18.1. The Bertz CT molecular complexity index is 524. The molecule has 0 aromatic heterocycles. The van der Waals surface area contributed by atoms with Crippen LogP contribution >= 0.6 is 11.8 Å². The number of nitrogens with zero attached hydrogens (tertiary/aromatic N) is 1. The summed E-state index contributed by atoms with van der Waals surface area (Å²) in [4.78, 5) is 15.7. The monoisotopic (exact) mass is 332 g/mol. The summed E-state index contributed by atoms with van der Waals surface area (Å²) in [6.07, 6.45) is 6.84. The average molecular weight is 333 g/mol. The first-order valence-corrected chi connectivity index (χ1v) is 9.41. The van der Waals surface area contributed by atoms with Crippen molar-refractivity contribution in [3.05, 3.63) is 36.9 Å². The smallest absolute Gasteiger partial charge is 0.238 e. The molecular weight excluding hydrogens is 304 g/mol. The van der Waals surface area contributed by atoms with Crippen LogP contribution in [0.15, 0.2) is 41.8 Å². The molecule has 3 nitrogen and oxygen atoms in total. The lowest BCUT2D eigenvalue weighted by Crippen LogP contribution is -2.39. The highest BCUT2D eigenvalue weighted by Gasteiger charge is 2.23. The molecular formula is C19H28N2OS. The Kier molecular flexibility index (Phi) is 7.18. The van der Waals surface area contributed by atoms with Gasteiger partial charge in [0.15, 0.2) is 0 Å². The summed E-state index contributed by atoms with van der Waals surface area (Å²) in [6, 6.07) is 8.50. The van der Waals surface area contributed by atoms with Crippen LogP contribution in [0.1, 0.15) is 32.6 Å². The van der Waals surface area contributed by atoms with Gasteiger partial charge >= 0.3 is 0 Å². The Morgan fingerprint density at radius 3 is 2.74 bits per heavy atom. The molecule has 1 saturated carbocycles. The zero-order chi connectivity index (χ0) is 16.7. The number of hydrogen-bond acceptors (Lipinski definition) is 3. The molecule has 23 heavy (non-hydrogen) atoms. The van der Waals surface area contributed by atoms with E-state index in [9.17, 15) is 4.79 Å². The Morgan fingerprint density at radius 2 is 2.04 bits per heavy atom. The minimum atomic E-state index is 0.0674. The summed E-state index contributed by atoms with van der Waals surface area (Å²) >= 11 is 1.69. The lowest BCUT2D eigenvalue weighted by molar-refractivity contribution is -0.117. The van der Waals surface area contributed by atoms with Gasteiger partial charge in [-0.25, -0.2) is 0 Å². The van der Waals surface area contributed by atoms with Crippen molar-refractivity contribution in [1.29, 1.82) is 0 Å². The largest absolute Gasteiger partial charge is 0.324 e. The van der Waals surface area contributed by atoms with E-state index in [2.05, 4.69) is 30.8 Å². The minimum absolute atomic E-state index is 0.0674. The molecule has 1 amide bonds. The van der Waals surface area contributed by atoms with E-state index in [0.717, 1.165) is 22.3 Å². The van der Waals surface area contributed by atoms with Gasteiger partial charge < -0.3 is 5.32 Å². The molecule has 0 heterocycles. The normalized spacial score (nSPS) is 21.2. The average Bonchev–Trinajstić information content (AvgIpc) is 2.54. The lowest BCUT2D eigenvalue weighted by Gasteiger charge is -2.33. The number of carbonyl (C=O) groups excluding carboxylic acids is 1. The first-order valence-electron chi connectivity index (χ1n) is 8.43. The third-order valence-electron chi connectivity index (χ3n) is 4.52. The Labute approximate surface area is 144 Å². The highest BCUT2D eigenvalue weighted by Crippen LogP contribution is 2.28. The van der Waals surface area contributed by atoms with Gasteiger partial charge in [0.2, 0.25) is 5.91 Å². The molecule has 0 saturated heterocycles. The summed E-state index contributed by atoms with van der Waals surface area (Å²) in [5.41, 5.74) is 0.898. The van der Waals surface area contributed by atoms with Crippen LogP contribution in [0.2, 0.25) is 0 Å². The highest BCUT2D eigenvalue weighted by atomic mass is 32.2. The molecule has 1 fully saturated rings. The second kappa shape index (κ2) is 9.14. The van der Waals surface area contributed by atoms with Gasteiger partial charge in [-0.05, 0) is 50.8 Å². The number of benzene rings is 1. The number of rotatable bonds is 7. The Hall–Kier alpha value is -1.26. The van der Waals surface area contributed by atoms with Crippen molar-refractivity contribution in [3.8, 4) is 0 Å². The van der Waals surface area contributed by atoms with Gasteiger partial charge in [0.25, 0.3) is 0 Å². The number of amides is 1. The standard InChI is InChI=1S/C19H28N2OS/c1-4-13-23-18-8-6-5-7-17(18)20-19(22)14-21(3)16-11-9-15(2)10-12-16/h4-8,15-16H,1,9-14H2,2-3H3,(H,20,22). The topological polar surface area (TPSA) is 32.3 Å². The van der Waals surface area contributed by atoms with E-state index >= 15 is 0 Å². The molecule has 0 aliphatic heterocycles. The van der Waals surface area contributed by atoms with Crippen LogP contribution in [-0.2, 0) is 4.79 Å². The van der Waals surface area contributed by atoms with Crippen LogP contribution in [0.5, 0.6) is 0 Å². The molecule has 0 unspecified atom stereocenters. The van der Waals surface area contributed by atoms with Crippen LogP contribution in [0.3, 0.4) is 0 Å². The number of hydrogen-bond donors (Lipinski definition) is 1. The van der Waals surface area contributed by atoms with Crippen LogP contribution in [0.25, 0.3) is 0 Å². The maximum Gasteiger partial charge on any atom is 0.238 e. The third kappa shape index (κ3) is 5.70. The van der Waals surface area contributed by atoms with E-state index < -0.39 is 0 Å². The fourth-order valence-electron chi connectivity index (χ4n) is 3.07. The highest BCUT2D eigenvalue weighted by molar-refractivity contribution is 7.99. The SMILES string of the molecule is C=CCSc1ccccc1NC(=O)CN(C)C1CCC(C)CC1. The predicted octanol–water partition coefficient (Wildman–Crippen LogP) is 4.41. The van der Waals surface area contributed by atoms with Gasteiger partial charge in [0.05, 0.1) is 12.2 Å². The van der Waals surface area contributed by atoms with E-state index in [1.165, 1.54) is 25.7 Å². The molecule has 4 heteroatoms. The quantitative estimate of drug-likeness (QED) is 0.593. The van der Waals surface area contributed by atoms with Crippen molar-refractivity contribution < 1.29 is 4.79 Å². The molecule has 1 aliphatic carbocycles. The summed E-state index contributed by atoms with van der Waals surface area (Å²) in [5.74, 6) is 1.74. The first-order chi connectivity index (χ1) is 11.1. The molecule has 0 bridgehead atoms. The van der Waals surface area contributed by atoms with Crippen LogP contribution in [0.4, 0.5) is 5.69 Å². The maximum absolute atomic E-state index is 12.4. The molecule has 1 aliphatic rings. The van der Waals surface area contributed by atoms with Gasteiger partial charge in [0, 0.05) is 16.7 Å². The van der Waals surface area contributed by atoms with Crippen molar-refractivity contribution in [2.24, 2.45) is 5.92 Å². The van der Waals surface area contributed by atoms with E-state index in [-0.39, 0.29) is 5.91 Å². The van der Waals surface area contributed by atoms with Gasteiger partial charge in [0.1, 0.15) is 0 Å². The summed E-state index contributed by atoms with van der Waals surface area (Å²) < 4.78 is 0. The van der Waals surface area contributed by atoms with Crippen LogP contribution < -0.4 is 5.32 Å². The molecule has 1 aromatic carbocycles. The number of anilines is 1.